The molecule has 0 saturated carbocycles. The predicted octanol–water partition coefficient (Wildman–Crippen LogP) is 2.49. The van der Waals surface area contributed by atoms with Gasteiger partial charge in [0.05, 0.1) is 6.61 Å². The van der Waals surface area contributed by atoms with E-state index in [-0.39, 0.29) is 11.2 Å². The van der Waals surface area contributed by atoms with Gasteiger partial charge in [-0.1, -0.05) is 25.1 Å². The second-order valence-electron chi connectivity index (χ2n) is 5.53. The second-order valence-corrected chi connectivity index (χ2v) is 6.70. The molecule has 1 aliphatic heterocycles. The van der Waals surface area contributed by atoms with Gasteiger partial charge >= 0.3 is 5.97 Å². The number of carbonyl (C=O) groups excluding carboxylic acids is 1. The minimum absolute atomic E-state index is 0.173. The normalized spacial score (nSPS) is 18.1. The van der Waals surface area contributed by atoms with E-state index in [1.54, 1.807) is 4.52 Å². The lowest BCUT2D eigenvalue weighted by Gasteiger charge is -2.09. The Morgan fingerprint density at radius 3 is 2.86 bits per heavy atom. The van der Waals surface area contributed by atoms with Gasteiger partial charge in [0.15, 0.2) is 0 Å². The van der Waals surface area contributed by atoms with E-state index in [1.165, 1.54) is 17.3 Å². The number of esters is 1. The van der Waals surface area contributed by atoms with Gasteiger partial charge in [0.2, 0.25) is 5.16 Å². The van der Waals surface area contributed by atoms with Crippen molar-refractivity contribution in [1.82, 2.24) is 19.6 Å². The number of nitrogens with zero attached hydrogens (tertiary/aromatic N) is 4. The fourth-order valence-corrected chi connectivity index (χ4v) is 3.56. The van der Waals surface area contributed by atoms with Crippen LogP contribution in [-0.4, -0.2) is 37.4 Å². The van der Waals surface area contributed by atoms with E-state index < -0.39 is 0 Å². The first kappa shape index (κ1) is 15.3. The molecule has 1 atom stereocenters. The van der Waals surface area contributed by atoms with E-state index in [4.69, 9.17) is 4.74 Å². The molecule has 0 amide bonds. The number of carbonyl (C=O) groups is 1. The molecule has 0 aromatic carbocycles. The molecule has 7 heteroatoms. The summed E-state index contributed by atoms with van der Waals surface area (Å²) in [4.78, 5) is 20.6. The Balaban J connectivity index is 1.92. The van der Waals surface area contributed by atoms with Crippen molar-refractivity contribution in [2.24, 2.45) is 0 Å². The molecule has 0 N–H and O–H groups in total. The van der Waals surface area contributed by atoms with Crippen LogP contribution < -0.4 is 0 Å². The van der Waals surface area contributed by atoms with Gasteiger partial charge in [-0.05, 0) is 32.3 Å². The average Bonchev–Trinajstić information content (AvgIpc) is 3.06. The van der Waals surface area contributed by atoms with Crippen LogP contribution in [0.4, 0.5) is 0 Å². The van der Waals surface area contributed by atoms with E-state index in [9.17, 15) is 4.79 Å². The highest BCUT2D eigenvalue weighted by Crippen LogP contribution is 2.28. The van der Waals surface area contributed by atoms with Gasteiger partial charge in [-0.2, -0.15) is 4.98 Å². The smallest absolute Gasteiger partial charge is 0.319 e. The molecule has 22 heavy (non-hydrogen) atoms. The van der Waals surface area contributed by atoms with Gasteiger partial charge in [0.25, 0.3) is 5.78 Å². The summed E-state index contributed by atoms with van der Waals surface area (Å²) >= 11 is 1.37. The lowest BCUT2D eigenvalue weighted by molar-refractivity contribution is -0.137. The van der Waals surface area contributed by atoms with E-state index in [1.807, 2.05) is 6.92 Å². The van der Waals surface area contributed by atoms with Crippen molar-refractivity contribution in [2.75, 3.05) is 6.61 Å². The Morgan fingerprint density at radius 2 is 2.18 bits per heavy atom. The van der Waals surface area contributed by atoms with Gasteiger partial charge in [0.1, 0.15) is 5.25 Å². The SMILES string of the molecule is CCCCc1c(C)nc2nc(S[C@@H]3CCOC3=O)nn2c1C. The summed E-state index contributed by atoms with van der Waals surface area (Å²) in [7, 11) is 0. The molecule has 0 bridgehead atoms. The second kappa shape index (κ2) is 6.24. The molecule has 1 fully saturated rings. The van der Waals surface area contributed by atoms with Gasteiger partial charge in [-0.3, -0.25) is 4.79 Å². The summed E-state index contributed by atoms with van der Waals surface area (Å²) < 4.78 is 6.77. The first-order valence-corrected chi connectivity index (χ1v) is 8.54. The van der Waals surface area contributed by atoms with E-state index >= 15 is 0 Å². The Hall–Kier alpha value is -1.63. The highest BCUT2D eigenvalue weighted by molar-refractivity contribution is 8.00. The number of aryl methyl sites for hydroxylation is 2. The fraction of sp³-hybridized carbons (Fsp3) is 0.600. The van der Waals surface area contributed by atoms with Crippen LogP contribution in [0.1, 0.15) is 43.1 Å². The summed E-state index contributed by atoms with van der Waals surface area (Å²) in [6.45, 7) is 6.75. The molecule has 118 valence electrons. The molecular weight excluding hydrogens is 300 g/mol. The zero-order chi connectivity index (χ0) is 15.7. The zero-order valence-corrected chi connectivity index (χ0v) is 13.9. The Morgan fingerprint density at radius 1 is 1.36 bits per heavy atom. The number of thioether (sulfide) groups is 1. The van der Waals surface area contributed by atoms with Gasteiger partial charge < -0.3 is 4.74 Å². The number of ether oxygens (including phenoxy) is 1. The maximum Gasteiger partial charge on any atom is 0.319 e. The van der Waals surface area contributed by atoms with Crippen LogP contribution in [0.25, 0.3) is 5.78 Å². The number of hydrogen-bond acceptors (Lipinski definition) is 6. The molecule has 6 nitrogen and oxygen atoms in total. The molecule has 1 saturated heterocycles. The number of rotatable bonds is 5. The molecular formula is C15H20N4O2S. The van der Waals surface area contributed by atoms with E-state index in [2.05, 4.69) is 28.9 Å². The average molecular weight is 320 g/mol. The number of unbranched alkanes of at least 4 members (excludes halogenated alkanes) is 1. The van der Waals surface area contributed by atoms with Gasteiger partial charge in [-0.25, -0.2) is 9.50 Å². The van der Waals surface area contributed by atoms with Crippen molar-refractivity contribution in [3.63, 3.8) is 0 Å². The Kier molecular flexibility index (Phi) is 4.33. The maximum absolute atomic E-state index is 11.6. The topological polar surface area (TPSA) is 69.4 Å². The first-order valence-electron chi connectivity index (χ1n) is 7.66. The summed E-state index contributed by atoms with van der Waals surface area (Å²) in [5, 5.41) is 4.91. The summed E-state index contributed by atoms with van der Waals surface area (Å²) in [6, 6.07) is 0. The van der Waals surface area contributed by atoms with Crippen LogP contribution in [0.2, 0.25) is 0 Å². The van der Waals surface area contributed by atoms with Crippen molar-refractivity contribution < 1.29 is 9.53 Å². The molecule has 2 aromatic rings. The van der Waals surface area contributed by atoms with Crippen molar-refractivity contribution in [3.8, 4) is 0 Å². The minimum Gasteiger partial charge on any atom is -0.465 e. The number of hydrogen-bond donors (Lipinski definition) is 0. The first-order chi connectivity index (χ1) is 10.6. The summed E-state index contributed by atoms with van der Waals surface area (Å²) in [6.07, 6.45) is 4.01. The number of fused-ring (bicyclic) bond motifs is 1. The molecule has 1 aliphatic rings. The molecule has 3 rings (SSSR count). The van der Waals surface area contributed by atoms with E-state index in [0.717, 1.165) is 30.7 Å². The number of cyclic esters (lactones) is 1. The van der Waals surface area contributed by atoms with Crippen molar-refractivity contribution >= 4 is 23.5 Å². The molecule has 2 aromatic heterocycles. The van der Waals surface area contributed by atoms with Crippen LogP contribution >= 0.6 is 11.8 Å². The van der Waals surface area contributed by atoms with E-state index in [0.29, 0.717) is 24.0 Å². The molecule has 0 unspecified atom stereocenters. The third kappa shape index (κ3) is 2.82. The summed E-state index contributed by atoms with van der Waals surface area (Å²) in [5.41, 5.74) is 3.35. The third-order valence-corrected chi connectivity index (χ3v) is 5.04. The predicted molar refractivity (Wildman–Crippen MR) is 84.1 cm³/mol. The lowest BCUT2D eigenvalue weighted by Crippen LogP contribution is -2.09. The van der Waals surface area contributed by atoms with Crippen LogP contribution in [0, 0.1) is 13.8 Å². The minimum atomic E-state index is -0.196. The zero-order valence-electron chi connectivity index (χ0n) is 13.1. The fourth-order valence-electron chi connectivity index (χ4n) is 2.67. The van der Waals surface area contributed by atoms with Gasteiger partial charge in [-0.15, -0.1) is 5.10 Å². The van der Waals surface area contributed by atoms with Crippen molar-refractivity contribution in [3.05, 3.63) is 17.0 Å². The molecule has 0 radical (unpaired) electrons. The van der Waals surface area contributed by atoms with Crippen LogP contribution in [0.5, 0.6) is 0 Å². The monoisotopic (exact) mass is 320 g/mol. The Bertz CT molecular complexity index is 713. The van der Waals surface area contributed by atoms with Crippen LogP contribution in [-0.2, 0) is 16.0 Å². The summed E-state index contributed by atoms with van der Waals surface area (Å²) in [5.74, 6) is 0.428. The Labute approximate surface area is 133 Å². The molecule has 0 aliphatic carbocycles. The standard InChI is InChI=1S/C15H20N4O2S/c1-4-5-6-11-9(2)16-14-17-15(18-19(14)10(11)3)22-12-7-8-21-13(12)20/h12H,4-8H2,1-3H3/t12-/m1/s1. The number of aromatic nitrogens is 4. The molecule has 3 heterocycles. The lowest BCUT2D eigenvalue weighted by atomic mass is 10.1. The third-order valence-electron chi connectivity index (χ3n) is 3.94. The quantitative estimate of drug-likeness (QED) is 0.788. The highest BCUT2D eigenvalue weighted by atomic mass is 32.2. The largest absolute Gasteiger partial charge is 0.465 e. The van der Waals surface area contributed by atoms with Crippen LogP contribution in [0.3, 0.4) is 0 Å². The van der Waals surface area contributed by atoms with Crippen LogP contribution in [0.15, 0.2) is 5.16 Å². The maximum atomic E-state index is 11.6. The van der Waals surface area contributed by atoms with Crippen molar-refractivity contribution in [2.45, 2.75) is 56.9 Å². The highest BCUT2D eigenvalue weighted by Gasteiger charge is 2.29. The van der Waals surface area contributed by atoms with Gasteiger partial charge in [0, 0.05) is 17.8 Å². The molecule has 0 spiro atoms. The van der Waals surface area contributed by atoms with Crippen molar-refractivity contribution in [1.29, 1.82) is 0 Å².